The number of benzene rings is 4. The number of carbonyl (C=O) groups is 2. The molecule has 2 amide bonds. The maximum Gasteiger partial charge on any atom is 0.255 e. The van der Waals surface area contributed by atoms with E-state index < -0.39 is 0 Å². The zero-order valence-corrected chi connectivity index (χ0v) is 22.6. The summed E-state index contributed by atoms with van der Waals surface area (Å²) in [5, 5.41) is 5.92. The van der Waals surface area contributed by atoms with Crippen molar-refractivity contribution in [3.05, 3.63) is 112 Å². The number of morpholine rings is 1. The van der Waals surface area contributed by atoms with Gasteiger partial charge in [0.1, 0.15) is 0 Å². The summed E-state index contributed by atoms with van der Waals surface area (Å²) < 4.78 is 6.31. The highest BCUT2D eigenvalue weighted by Crippen LogP contribution is 2.27. The first-order valence-electron chi connectivity index (χ1n) is 12.5. The molecule has 0 aliphatic carbocycles. The number of anilines is 3. The highest BCUT2D eigenvalue weighted by molar-refractivity contribution is 9.10. The number of amides is 2. The maximum absolute atomic E-state index is 12.9. The van der Waals surface area contributed by atoms with E-state index in [-0.39, 0.29) is 11.8 Å². The minimum Gasteiger partial charge on any atom is -0.378 e. The van der Waals surface area contributed by atoms with Crippen molar-refractivity contribution in [3.8, 4) is 11.1 Å². The molecule has 0 spiro atoms. The number of carbonyl (C=O) groups excluding carboxylic acids is 2. The summed E-state index contributed by atoms with van der Waals surface area (Å²) in [5.41, 5.74) is 6.55. The monoisotopic (exact) mass is 569 g/mol. The molecule has 0 atom stereocenters. The predicted molar refractivity (Wildman–Crippen MR) is 156 cm³/mol. The highest BCUT2D eigenvalue weighted by Gasteiger charge is 2.14. The summed E-state index contributed by atoms with van der Waals surface area (Å²) in [6, 6.07) is 28.5. The van der Waals surface area contributed by atoms with Crippen LogP contribution in [0.1, 0.15) is 26.3 Å². The molecule has 1 heterocycles. The van der Waals surface area contributed by atoms with Crippen LogP contribution in [0.4, 0.5) is 17.1 Å². The fourth-order valence-corrected chi connectivity index (χ4v) is 4.91. The van der Waals surface area contributed by atoms with Crippen LogP contribution in [-0.4, -0.2) is 38.1 Å². The van der Waals surface area contributed by atoms with E-state index >= 15 is 0 Å². The Hall–Kier alpha value is -3.94. The molecule has 0 saturated carbocycles. The molecule has 4 aromatic carbocycles. The van der Waals surface area contributed by atoms with Crippen LogP contribution < -0.4 is 15.5 Å². The number of nitrogens with zero attached hydrogens (tertiary/aromatic N) is 1. The molecule has 0 aromatic heterocycles. The van der Waals surface area contributed by atoms with Gasteiger partial charge in [-0.25, -0.2) is 0 Å². The van der Waals surface area contributed by atoms with E-state index in [0.717, 1.165) is 64.5 Å². The van der Waals surface area contributed by atoms with Crippen molar-refractivity contribution in [2.24, 2.45) is 0 Å². The Bertz CT molecular complexity index is 1460. The summed E-state index contributed by atoms with van der Waals surface area (Å²) in [7, 11) is 0. The Balaban J connectivity index is 1.27. The summed E-state index contributed by atoms with van der Waals surface area (Å²) in [6.07, 6.45) is 0. The van der Waals surface area contributed by atoms with Crippen LogP contribution in [-0.2, 0) is 4.74 Å². The molecule has 2 N–H and O–H groups in total. The first-order chi connectivity index (χ1) is 18.5. The lowest BCUT2D eigenvalue weighted by Gasteiger charge is -2.28. The Morgan fingerprint density at radius 2 is 1.45 bits per heavy atom. The summed E-state index contributed by atoms with van der Waals surface area (Å²) >= 11 is 3.43. The largest absolute Gasteiger partial charge is 0.378 e. The van der Waals surface area contributed by atoms with Crippen LogP contribution in [0.3, 0.4) is 0 Å². The third-order valence-electron chi connectivity index (χ3n) is 6.51. The zero-order chi connectivity index (χ0) is 26.5. The van der Waals surface area contributed by atoms with E-state index in [1.165, 1.54) is 0 Å². The number of ether oxygens (including phenoxy) is 1. The van der Waals surface area contributed by atoms with Crippen molar-refractivity contribution in [2.75, 3.05) is 41.8 Å². The Morgan fingerprint density at radius 1 is 0.763 bits per heavy atom. The third kappa shape index (κ3) is 6.13. The highest BCUT2D eigenvalue weighted by atomic mass is 79.9. The van der Waals surface area contributed by atoms with E-state index in [1.807, 2.05) is 91.9 Å². The first-order valence-corrected chi connectivity index (χ1v) is 13.3. The molecular weight excluding hydrogens is 542 g/mol. The lowest BCUT2D eigenvalue weighted by molar-refractivity contribution is 0.101. The molecule has 38 heavy (non-hydrogen) atoms. The second-order valence-corrected chi connectivity index (χ2v) is 10.1. The lowest BCUT2D eigenvalue weighted by atomic mass is 9.96. The Morgan fingerprint density at radius 3 is 2.16 bits per heavy atom. The molecule has 6 nitrogen and oxygen atoms in total. The van der Waals surface area contributed by atoms with Crippen LogP contribution in [0.5, 0.6) is 0 Å². The van der Waals surface area contributed by atoms with E-state index in [2.05, 4.69) is 31.5 Å². The second-order valence-electron chi connectivity index (χ2n) is 9.18. The van der Waals surface area contributed by atoms with E-state index in [9.17, 15) is 9.59 Å². The van der Waals surface area contributed by atoms with Gasteiger partial charge in [0.15, 0.2) is 0 Å². The average Bonchev–Trinajstić information content (AvgIpc) is 2.94. The summed E-state index contributed by atoms with van der Waals surface area (Å²) in [5.74, 6) is -0.348. The van der Waals surface area contributed by atoms with Gasteiger partial charge in [0.2, 0.25) is 0 Å². The summed E-state index contributed by atoms with van der Waals surface area (Å²) in [6.45, 7) is 5.18. The van der Waals surface area contributed by atoms with Crippen molar-refractivity contribution in [1.82, 2.24) is 0 Å². The number of hydrogen-bond acceptors (Lipinski definition) is 4. The van der Waals surface area contributed by atoms with Gasteiger partial charge < -0.3 is 20.3 Å². The Kier molecular flexibility index (Phi) is 7.86. The predicted octanol–water partition coefficient (Wildman–Crippen LogP) is 6.77. The van der Waals surface area contributed by atoms with Gasteiger partial charge in [-0.2, -0.15) is 0 Å². The maximum atomic E-state index is 12.9. The van der Waals surface area contributed by atoms with E-state index in [4.69, 9.17) is 4.74 Å². The fourth-order valence-electron chi connectivity index (χ4n) is 4.51. The minimum atomic E-state index is -0.182. The zero-order valence-electron chi connectivity index (χ0n) is 21.0. The molecule has 1 aliphatic heterocycles. The molecule has 1 fully saturated rings. The average molecular weight is 570 g/mol. The molecule has 0 radical (unpaired) electrons. The van der Waals surface area contributed by atoms with Crippen LogP contribution in [0, 0.1) is 6.92 Å². The number of nitrogens with one attached hydrogen (secondary N) is 2. The van der Waals surface area contributed by atoms with Gasteiger partial charge in [0, 0.05) is 45.8 Å². The Labute approximate surface area is 230 Å². The van der Waals surface area contributed by atoms with Crippen molar-refractivity contribution in [1.29, 1.82) is 0 Å². The molecule has 192 valence electrons. The molecule has 0 bridgehead atoms. The minimum absolute atomic E-state index is 0.166. The molecule has 1 saturated heterocycles. The molecule has 4 aromatic rings. The van der Waals surface area contributed by atoms with E-state index in [0.29, 0.717) is 11.1 Å². The quantitative estimate of drug-likeness (QED) is 0.269. The van der Waals surface area contributed by atoms with Gasteiger partial charge in [-0.05, 0) is 90.3 Å². The second kappa shape index (κ2) is 11.6. The number of rotatable bonds is 6. The van der Waals surface area contributed by atoms with Crippen LogP contribution in [0.15, 0.2) is 95.5 Å². The standard InChI is InChI=1S/C31H28BrN3O3/c1-21-18-24(31(37)33-26-9-11-28(12-10-26)35-14-16-38-17-15-35)8-13-29(21)22-4-2-5-23(19-22)30(36)34-27-7-3-6-25(32)20-27/h2-13,18-20H,14-17H2,1H3,(H,33,37)(H,34,36). The fraction of sp³-hybridized carbons (Fsp3) is 0.161. The molecule has 1 aliphatic rings. The topological polar surface area (TPSA) is 70.7 Å². The molecule has 7 heteroatoms. The van der Waals surface area contributed by atoms with Crippen LogP contribution in [0.25, 0.3) is 11.1 Å². The number of hydrogen-bond donors (Lipinski definition) is 2. The van der Waals surface area contributed by atoms with Gasteiger partial charge in [-0.3, -0.25) is 9.59 Å². The van der Waals surface area contributed by atoms with Gasteiger partial charge in [0.05, 0.1) is 13.2 Å². The molecule has 5 rings (SSSR count). The van der Waals surface area contributed by atoms with Gasteiger partial charge in [-0.15, -0.1) is 0 Å². The first kappa shape index (κ1) is 25.7. The molecular formula is C31H28BrN3O3. The molecule has 0 unspecified atom stereocenters. The lowest BCUT2D eigenvalue weighted by Crippen LogP contribution is -2.36. The normalized spacial score (nSPS) is 13.2. The van der Waals surface area contributed by atoms with E-state index in [1.54, 1.807) is 6.07 Å². The smallest absolute Gasteiger partial charge is 0.255 e. The third-order valence-corrected chi connectivity index (χ3v) is 7.00. The summed E-state index contributed by atoms with van der Waals surface area (Å²) in [4.78, 5) is 28.1. The van der Waals surface area contributed by atoms with Crippen molar-refractivity contribution < 1.29 is 14.3 Å². The van der Waals surface area contributed by atoms with Gasteiger partial charge in [0.25, 0.3) is 11.8 Å². The van der Waals surface area contributed by atoms with Crippen LogP contribution >= 0.6 is 15.9 Å². The number of aryl methyl sites for hydroxylation is 1. The van der Waals surface area contributed by atoms with Crippen molar-refractivity contribution in [2.45, 2.75) is 6.92 Å². The number of halogens is 1. The van der Waals surface area contributed by atoms with Gasteiger partial charge in [-0.1, -0.05) is 40.2 Å². The van der Waals surface area contributed by atoms with Crippen LogP contribution in [0.2, 0.25) is 0 Å². The van der Waals surface area contributed by atoms with Crippen molar-refractivity contribution >= 4 is 44.8 Å². The van der Waals surface area contributed by atoms with Gasteiger partial charge >= 0.3 is 0 Å². The van der Waals surface area contributed by atoms with Crippen molar-refractivity contribution in [3.63, 3.8) is 0 Å². The SMILES string of the molecule is Cc1cc(C(=O)Nc2ccc(N3CCOCC3)cc2)ccc1-c1cccc(C(=O)Nc2cccc(Br)c2)c1.